The first kappa shape index (κ1) is 13.5. The molecule has 1 amide bonds. The van der Waals surface area contributed by atoms with Crippen molar-refractivity contribution in [2.75, 3.05) is 25.6 Å². The number of halogens is 2. The second kappa shape index (κ2) is 6.30. The van der Waals surface area contributed by atoms with E-state index in [9.17, 15) is 4.79 Å². The second-order valence-electron chi connectivity index (χ2n) is 4.34. The van der Waals surface area contributed by atoms with Crippen LogP contribution in [0.2, 0.25) is 5.02 Å². The van der Waals surface area contributed by atoms with Gasteiger partial charge in [-0.25, -0.2) is 0 Å². The third-order valence-electron chi connectivity index (χ3n) is 2.97. The SMILES string of the molecule is O=C1CC(CCl)CN1CCOc1ccccc1Cl. The van der Waals surface area contributed by atoms with Crippen LogP contribution in [0.25, 0.3) is 0 Å². The topological polar surface area (TPSA) is 29.5 Å². The number of alkyl halides is 1. The molecule has 0 aliphatic carbocycles. The number of amides is 1. The van der Waals surface area contributed by atoms with Crippen molar-refractivity contribution in [2.45, 2.75) is 6.42 Å². The van der Waals surface area contributed by atoms with Crippen molar-refractivity contribution in [2.24, 2.45) is 5.92 Å². The van der Waals surface area contributed by atoms with Crippen LogP contribution in [0.3, 0.4) is 0 Å². The highest BCUT2D eigenvalue weighted by atomic mass is 35.5. The lowest BCUT2D eigenvalue weighted by Gasteiger charge is -2.16. The molecular weight excluding hydrogens is 273 g/mol. The van der Waals surface area contributed by atoms with Gasteiger partial charge in [0.05, 0.1) is 11.6 Å². The van der Waals surface area contributed by atoms with E-state index in [1.165, 1.54) is 0 Å². The Morgan fingerprint density at radius 1 is 1.39 bits per heavy atom. The van der Waals surface area contributed by atoms with Crippen LogP contribution in [0.4, 0.5) is 0 Å². The number of likely N-dealkylation sites (tertiary alicyclic amines) is 1. The zero-order valence-electron chi connectivity index (χ0n) is 9.94. The number of hydrogen-bond donors (Lipinski definition) is 0. The average molecular weight is 288 g/mol. The molecule has 1 heterocycles. The highest BCUT2D eigenvalue weighted by Crippen LogP contribution is 2.23. The summed E-state index contributed by atoms with van der Waals surface area (Å²) in [5, 5.41) is 0.587. The van der Waals surface area contributed by atoms with Crippen molar-refractivity contribution < 1.29 is 9.53 Å². The summed E-state index contributed by atoms with van der Waals surface area (Å²) in [7, 11) is 0. The Hall–Kier alpha value is -0.930. The molecule has 1 atom stereocenters. The maximum absolute atomic E-state index is 11.6. The van der Waals surface area contributed by atoms with Crippen LogP contribution in [0.5, 0.6) is 5.75 Å². The number of carbonyl (C=O) groups is 1. The van der Waals surface area contributed by atoms with Crippen LogP contribution in [0, 0.1) is 5.92 Å². The van der Waals surface area contributed by atoms with Gasteiger partial charge in [-0.3, -0.25) is 4.79 Å². The molecule has 18 heavy (non-hydrogen) atoms. The molecule has 1 aliphatic heterocycles. The molecule has 1 saturated heterocycles. The van der Waals surface area contributed by atoms with Gasteiger partial charge in [0.1, 0.15) is 12.4 Å². The molecule has 0 radical (unpaired) electrons. The van der Waals surface area contributed by atoms with E-state index in [0.717, 1.165) is 6.54 Å². The molecule has 1 aromatic rings. The van der Waals surface area contributed by atoms with Gasteiger partial charge in [-0.15, -0.1) is 11.6 Å². The minimum atomic E-state index is 0.156. The third-order valence-corrected chi connectivity index (χ3v) is 3.72. The number of ether oxygens (including phenoxy) is 1. The van der Waals surface area contributed by atoms with E-state index in [4.69, 9.17) is 27.9 Å². The zero-order chi connectivity index (χ0) is 13.0. The fourth-order valence-electron chi connectivity index (χ4n) is 2.00. The lowest BCUT2D eigenvalue weighted by atomic mass is 10.2. The van der Waals surface area contributed by atoms with Crippen molar-refractivity contribution in [3.05, 3.63) is 29.3 Å². The van der Waals surface area contributed by atoms with E-state index in [2.05, 4.69) is 0 Å². The van der Waals surface area contributed by atoms with Crippen LogP contribution >= 0.6 is 23.2 Å². The van der Waals surface area contributed by atoms with Crippen molar-refractivity contribution in [1.82, 2.24) is 4.90 Å². The van der Waals surface area contributed by atoms with Crippen molar-refractivity contribution in [3.8, 4) is 5.75 Å². The molecule has 5 heteroatoms. The lowest BCUT2D eigenvalue weighted by Crippen LogP contribution is -2.30. The molecule has 0 aromatic heterocycles. The largest absolute Gasteiger partial charge is 0.490 e. The smallest absolute Gasteiger partial charge is 0.223 e. The molecule has 0 saturated carbocycles. The Balaban J connectivity index is 1.79. The Morgan fingerprint density at radius 3 is 2.83 bits per heavy atom. The van der Waals surface area contributed by atoms with Gasteiger partial charge in [0, 0.05) is 18.8 Å². The minimum Gasteiger partial charge on any atom is -0.490 e. The summed E-state index contributed by atoms with van der Waals surface area (Å²) in [6, 6.07) is 7.31. The molecule has 3 nitrogen and oxygen atoms in total. The standard InChI is InChI=1S/C13H15Cl2NO2/c14-8-10-7-13(17)16(9-10)5-6-18-12-4-2-1-3-11(12)15/h1-4,10H,5-9H2. The Bertz CT molecular complexity index is 425. The van der Waals surface area contributed by atoms with Gasteiger partial charge in [-0.05, 0) is 18.1 Å². The van der Waals surface area contributed by atoms with Gasteiger partial charge >= 0.3 is 0 Å². The summed E-state index contributed by atoms with van der Waals surface area (Å²) in [5.41, 5.74) is 0. The van der Waals surface area contributed by atoms with E-state index in [1.54, 1.807) is 11.0 Å². The van der Waals surface area contributed by atoms with Gasteiger partial charge in [0.15, 0.2) is 0 Å². The molecule has 0 N–H and O–H groups in total. The van der Waals surface area contributed by atoms with Gasteiger partial charge in [-0.2, -0.15) is 0 Å². The first-order chi connectivity index (χ1) is 8.70. The first-order valence-electron chi connectivity index (χ1n) is 5.91. The molecule has 1 unspecified atom stereocenters. The normalized spacial score (nSPS) is 19.3. The Labute approximate surface area is 117 Å². The zero-order valence-corrected chi connectivity index (χ0v) is 11.5. The van der Waals surface area contributed by atoms with Crippen LogP contribution in [0.15, 0.2) is 24.3 Å². The van der Waals surface area contributed by atoms with Crippen molar-refractivity contribution in [3.63, 3.8) is 0 Å². The summed E-state index contributed by atoms with van der Waals surface area (Å²) in [6.45, 7) is 1.76. The number of carbonyl (C=O) groups excluding carboxylic acids is 1. The molecule has 98 valence electrons. The predicted molar refractivity (Wildman–Crippen MR) is 72.4 cm³/mol. The minimum absolute atomic E-state index is 0.156. The van der Waals surface area contributed by atoms with Gasteiger partial charge in [0.2, 0.25) is 5.91 Å². The van der Waals surface area contributed by atoms with E-state index >= 15 is 0 Å². The average Bonchev–Trinajstić information content (AvgIpc) is 2.73. The highest BCUT2D eigenvalue weighted by Gasteiger charge is 2.28. The number of rotatable bonds is 5. The summed E-state index contributed by atoms with van der Waals surface area (Å²) in [6.07, 6.45) is 0.551. The van der Waals surface area contributed by atoms with E-state index < -0.39 is 0 Å². The molecule has 2 rings (SSSR count). The third kappa shape index (κ3) is 3.30. The van der Waals surface area contributed by atoms with Crippen LogP contribution < -0.4 is 4.74 Å². The summed E-state index contributed by atoms with van der Waals surface area (Å²) in [4.78, 5) is 13.4. The predicted octanol–water partition coefficient (Wildman–Crippen LogP) is 2.81. The van der Waals surface area contributed by atoms with Crippen molar-refractivity contribution >= 4 is 29.1 Å². The quantitative estimate of drug-likeness (QED) is 0.780. The van der Waals surface area contributed by atoms with Crippen LogP contribution in [-0.2, 0) is 4.79 Å². The molecule has 1 fully saturated rings. The Morgan fingerprint density at radius 2 is 2.17 bits per heavy atom. The summed E-state index contributed by atoms with van der Waals surface area (Å²) < 4.78 is 5.56. The molecule has 1 aliphatic rings. The number of hydrogen-bond acceptors (Lipinski definition) is 2. The molecule has 0 bridgehead atoms. The maximum atomic E-state index is 11.6. The van der Waals surface area contributed by atoms with Gasteiger partial charge in [-0.1, -0.05) is 23.7 Å². The lowest BCUT2D eigenvalue weighted by molar-refractivity contribution is -0.128. The van der Waals surface area contributed by atoms with E-state index in [-0.39, 0.29) is 11.8 Å². The number of benzene rings is 1. The monoisotopic (exact) mass is 287 g/mol. The number of nitrogens with zero attached hydrogens (tertiary/aromatic N) is 1. The fraction of sp³-hybridized carbons (Fsp3) is 0.462. The molecule has 0 spiro atoms. The number of para-hydroxylation sites is 1. The van der Waals surface area contributed by atoms with Crippen LogP contribution in [0.1, 0.15) is 6.42 Å². The summed E-state index contributed by atoms with van der Waals surface area (Å²) >= 11 is 11.7. The van der Waals surface area contributed by atoms with Crippen LogP contribution in [-0.4, -0.2) is 36.4 Å². The summed E-state index contributed by atoms with van der Waals surface area (Å²) in [5.74, 6) is 1.62. The maximum Gasteiger partial charge on any atom is 0.223 e. The fourth-order valence-corrected chi connectivity index (χ4v) is 2.40. The Kier molecular flexibility index (Phi) is 4.72. The second-order valence-corrected chi connectivity index (χ2v) is 5.06. The highest BCUT2D eigenvalue weighted by molar-refractivity contribution is 6.32. The molecule has 1 aromatic carbocycles. The van der Waals surface area contributed by atoms with Gasteiger partial charge in [0.25, 0.3) is 0 Å². The van der Waals surface area contributed by atoms with E-state index in [1.807, 2.05) is 18.2 Å². The van der Waals surface area contributed by atoms with E-state index in [0.29, 0.717) is 36.2 Å². The van der Waals surface area contributed by atoms with Gasteiger partial charge < -0.3 is 9.64 Å². The first-order valence-corrected chi connectivity index (χ1v) is 6.83. The van der Waals surface area contributed by atoms with Crippen molar-refractivity contribution in [1.29, 1.82) is 0 Å². The molecular formula is C13H15Cl2NO2.